The Hall–Kier alpha value is -2.34. The Balaban J connectivity index is 0.00000450. The molecule has 0 radical (unpaired) electrons. The molecule has 0 bridgehead atoms. The summed E-state index contributed by atoms with van der Waals surface area (Å²) >= 11 is 0. The van der Waals surface area contributed by atoms with Crippen molar-refractivity contribution >= 4 is 17.8 Å². The summed E-state index contributed by atoms with van der Waals surface area (Å²) in [4.78, 5) is 35.6. The number of carbonyl (C=O) groups is 3. The van der Waals surface area contributed by atoms with E-state index >= 15 is 0 Å². The molecule has 156 valence electrons. The number of aromatic hydroxyl groups is 1. The van der Waals surface area contributed by atoms with Gasteiger partial charge in [0.05, 0.1) is 0 Å². The third-order valence-corrected chi connectivity index (χ3v) is 4.06. The molecule has 0 aromatic heterocycles. The third kappa shape index (κ3) is 8.19. The molecule has 1 unspecified atom stereocenters. The van der Waals surface area contributed by atoms with Gasteiger partial charge in [-0.05, 0) is 31.2 Å². The number of phenolic OH excluding ortho intramolecular Hbond substituents is 1. The van der Waals surface area contributed by atoms with Crippen LogP contribution < -0.4 is 16.0 Å². The van der Waals surface area contributed by atoms with Gasteiger partial charge in [-0.25, -0.2) is 4.79 Å². The van der Waals surface area contributed by atoms with E-state index in [1.807, 2.05) is 6.92 Å². The first-order chi connectivity index (χ1) is 13.9. The quantitative estimate of drug-likeness (QED) is 0.198. The van der Waals surface area contributed by atoms with Crippen LogP contribution in [-0.4, -0.2) is 47.1 Å². The fourth-order valence-corrected chi connectivity index (χ4v) is 2.50. The van der Waals surface area contributed by atoms with Gasteiger partial charge in [0.2, 0.25) is 0 Å². The van der Waals surface area contributed by atoms with E-state index in [2.05, 4.69) is 22.0 Å². The molecular weight excluding hydrogens is 612 g/mol. The van der Waals surface area contributed by atoms with Gasteiger partial charge in [-0.3, -0.25) is 4.79 Å². The second kappa shape index (κ2) is 13.1. The number of rotatable bonds is 10. The van der Waals surface area contributed by atoms with E-state index in [1.165, 1.54) is 18.2 Å². The van der Waals surface area contributed by atoms with E-state index in [-0.39, 0.29) is 61.4 Å². The summed E-state index contributed by atoms with van der Waals surface area (Å²) in [6.07, 6.45) is 0.859. The number of carbonyl (C=O) groups excluding carboxylic acids is 2. The Morgan fingerprint density at radius 1 is 1.13 bits per heavy atom. The van der Waals surface area contributed by atoms with Gasteiger partial charge in [-0.1, -0.05) is 18.6 Å². The molecule has 0 spiro atoms. The Kier molecular flexibility index (Phi) is 11.2. The first-order valence-electron chi connectivity index (χ1n) is 9.23. The Labute approximate surface area is 198 Å². The Morgan fingerprint density at radius 2 is 1.90 bits per heavy atom. The Morgan fingerprint density at radius 3 is 2.50 bits per heavy atom. The van der Waals surface area contributed by atoms with Crippen LogP contribution in [-0.2, 0) is 11.3 Å². The molecule has 30 heavy (non-hydrogen) atoms. The average Bonchev–Trinajstić information content (AvgIpc) is 2.71. The smallest absolute Gasteiger partial charge is 0.508 e. The van der Waals surface area contributed by atoms with E-state index in [4.69, 9.17) is 0 Å². The number of hydrogen-bond acceptors (Lipinski definition) is 5. The van der Waals surface area contributed by atoms with Crippen molar-refractivity contribution in [3.63, 3.8) is 0 Å². The number of aliphatic carboxylic acids is 1. The van der Waals surface area contributed by atoms with Gasteiger partial charge in [-0.2, -0.15) is 0 Å². The minimum atomic E-state index is -1.12. The van der Waals surface area contributed by atoms with Crippen molar-refractivity contribution in [1.29, 1.82) is 0 Å². The zero-order valence-corrected chi connectivity index (χ0v) is 20.7. The van der Waals surface area contributed by atoms with Crippen LogP contribution in [0.2, 0.25) is 0 Å². The van der Waals surface area contributed by atoms with Crippen molar-refractivity contribution in [2.24, 2.45) is 0 Å². The van der Waals surface area contributed by atoms with E-state index in [9.17, 15) is 24.6 Å². The summed E-state index contributed by atoms with van der Waals surface area (Å²) in [5, 5.41) is 26.8. The van der Waals surface area contributed by atoms with Gasteiger partial charge in [-0.15, -0.1) is 29.8 Å². The van der Waals surface area contributed by atoms with Crippen molar-refractivity contribution < 1.29 is 55.7 Å². The van der Waals surface area contributed by atoms with E-state index in [0.717, 1.165) is 12.0 Å². The molecule has 2 aromatic carbocycles. The molecule has 0 aliphatic rings. The molecule has 0 saturated heterocycles. The molecule has 2 rings (SSSR count). The van der Waals surface area contributed by atoms with Gasteiger partial charge in [0, 0.05) is 18.7 Å². The molecule has 0 fully saturated rings. The van der Waals surface area contributed by atoms with Gasteiger partial charge >= 0.3 is 37.1 Å². The van der Waals surface area contributed by atoms with Gasteiger partial charge < -0.3 is 31.0 Å². The number of carboxylic acid groups (broad SMARTS) is 1. The van der Waals surface area contributed by atoms with Crippen LogP contribution in [0.25, 0.3) is 0 Å². The number of phenols is 1. The third-order valence-electron chi connectivity index (χ3n) is 4.06. The molecule has 8 nitrogen and oxygen atoms in total. The Bertz CT molecular complexity index is 858. The summed E-state index contributed by atoms with van der Waals surface area (Å²) in [6.45, 7) is 2.97. The fraction of sp³-hybridized carbons (Fsp3) is 0.286. The second-order valence-corrected chi connectivity index (χ2v) is 6.41. The molecule has 0 aliphatic heterocycles. The molecule has 0 saturated carbocycles. The number of nitrogens with one attached hydrogen (secondary N) is 3. The van der Waals surface area contributed by atoms with Crippen molar-refractivity contribution in [3.8, 4) is 5.75 Å². The van der Waals surface area contributed by atoms with Gasteiger partial charge in [0.25, 0.3) is 5.91 Å². The van der Waals surface area contributed by atoms with Crippen LogP contribution in [0.15, 0.2) is 42.5 Å². The number of hydrogen-bond donors (Lipinski definition) is 5. The topological polar surface area (TPSA) is 128 Å². The zero-order chi connectivity index (χ0) is 21.2. The van der Waals surface area contributed by atoms with Crippen LogP contribution in [0.3, 0.4) is 0 Å². The summed E-state index contributed by atoms with van der Waals surface area (Å²) in [6, 6.07) is 12.5. The van der Waals surface area contributed by atoms with Crippen LogP contribution in [0.5, 0.6) is 5.75 Å². The van der Waals surface area contributed by atoms with Crippen LogP contribution in [0.4, 0.5) is 0 Å². The largest absolute Gasteiger partial charge is 2.00 e. The van der Waals surface area contributed by atoms with Crippen LogP contribution in [0, 0.1) is 37.2 Å². The van der Waals surface area contributed by atoms with Crippen LogP contribution >= 0.6 is 0 Å². The molecule has 5 N–H and O–H groups in total. The summed E-state index contributed by atoms with van der Waals surface area (Å²) in [5.41, 5.74) is 1.26. The predicted octanol–water partition coefficient (Wildman–Crippen LogP) is 1.30. The van der Waals surface area contributed by atoms with Gasteiger partial charge in [0.15, 0.2) is 5.91 Å². The summed E-state index contributed by atoms with van der Waals surface area (Å²) in [5.74, 6) is -1.99. The van der Waals surface area contributed by atoms with Crippen molar-refractivity contribution in [2.45, 2.75) is 25.9 Å². The molecule has 1 atom stereocenters. The van der Waals surface area contributed by atoms with Crippen molar-refractivity contribution in [2.75, 3.05) is 13.1 Å². The monoisotopic (exact) mass is 636 g/mol. The first kappa shape index (κ1) is 25.7. The minimum absolute atomic E-state index is 0. The average molecular weight is 636 g/mol. The van der Waals surface area contributed by atoms with Gasteiger partial charge in [0.1, 0.15) is 11.8 Å². The van der Waals surface area contributed by atoms with Crippen molar-refractivity contribution in [1.82, 2.24) is 16.0 Å². The summed E-state index contributed by atoms with van der Waals surface area (Å²) in [7, 11) is 0. The zero-order valence-electron chi connectivity index (χ0n) is 16.6. The van der Waals surface area contributed by atoms with Crippen molar-refractivity contribution in [3.05, 3.63) is 65.2 Å². The molecule has 0 aliphatic carbocycles. The summed E-state index contributed by atoms with van der Waals surface area (Å²) < 4.78 is 0. The number of carboxylic acids is 1. The first-order valence-corrected chi connectivity index (χ1v) is 9.23. The fourth-order valence-electron chi connectivity index (χ4n) is 2.50. The number of amides is 2. The normalized spacial score (nSPS) is 11.1. The molecule has 2 amide bonds. The minimum Gasteiger partial charge on any atom is -0.508 e. The predicted molar refractivity (Wildman–Crippen MR) is 107 cm³/mol. The molecule has 9 heteroatoms. The van der Waals surface area contributed by atoms with E-state index in [1.54, 1.807) is 24.3 Å². The second-order valence-electron chi connectivity index (χ2n) is 6.41. The molecular formula is C21H24N3O5U+. The maximum atomic E-state index is 12.3. The van der Waals surface area contributed by atoms with E-state index in [0.29, 0.717) is 12.1 Å². The maximum Gasteiger partial charge on any atom is 2.00 e. The number of benzene rings is 2. The molecule has 2 aromatic rings. The molecule has 0 heterocycles. The standard InChI is InChI=1S/C21H24N3O5.U/c1-2-10-22-13-18(21(28)29)24-20(27)15-8-6-14(7-9-15)12-23-19(26)16-4-3-5-17(25)11-16;/h3-8,11,18,22,25H,2,10,12-13H2,1H3,(H,23,26)(H,24,27)(H,28,29);/q-1;+2. The van der Waals surface area contributed by atoms with Crippen LogP contribution in [0.1, 0.15) is 39.6 Å². The maximum absolute atomic E-state index is 12.3. The van der Waals surface area contributed by atoms with E-state index < -0.39 is 17.9 Å². The SMILES string of the molecule is CCCNCC(NC(=O)c1[c-]cc(CNC(=O)c2cccc(O)c2)cc1)C(=O)O.[U+2].